The maximum Gasteiger partial charge on any atom is 0.320 e. The van der Waals surface area contributed by atoms with Gasteiger partial charge >= 0.3 is 11.7 Å². The number of hydrogen-bond donors (Lipinski definition) is 2. The standard InChI is InChI=1S/C24H23F2N5O3/c25-17-8-9-19(26)18(15-17)20-7-4-14-30(20)22-11-10-21(31(33)34)23(28-22)29-24(32)27-13-12-16-5-2-1-3-6-16/h1-3,5-6,8-11,15,20H,4,7,12-14H2,(H2,27,28,29,32)/t20-/m1/s1. The van der Waals surface area contributed by atoms with Gasteiger partial charge in [-0.25, -0.2) is 18.6 Å². The molecule has 1 aromatic heterocycles. The molecule has 3 aromatic rings. The molecule has 176 valence electrons. The van der Waals surface area contributed by atoms with E-state index in [4.69, 9.17) is 0 Å². The Hall–Kier alpha value is -4.08. The van der Waals surface area contributed by atoms with E-state index < -0.39 is 28.6 Å². The number of carbonyl (C=O) groups is 1. The van der Waals surface area contributed by atoms with Crippen LogP contribution in [0.5, 0.6) is 0 Å². The van der Waals surface area contributed by atoms with Gasteiger partial charge in [0.05, 0.1) is 11.0 Å². The van der Waals surface area contributed by atoms with Gasteiger partial charge < -0.3 is 10.2 Å². The predicted octanol–water partition coefficient (Wildman–Crippen LogP) is 4.97. The molecule has 4 rings (SSSR count). The Morgan fingerprint density at radius 1 is 1.15 bits per heavy atom. The lowest BCUT2D eigenvalue weighted by Crippen LogP contribution is -2.31. The Kier molecular flexibility index (Phi) is 6.95. The summed E-state index contributed by atoms with van der Waals surface area (Å²) >= 11 is 0. The lowest BCUT2D eigenvalue weighted by Gasteiger charge is -2.26. The Morgan fingerprint density at radius 3 is 2.71 bits per heavy atom. The quantitative estimate of drug-likeness (QED) is 0.377. The van der Waals surface area contributed by atoms with E-state index >= 15 is 0 Å². The summed E-state index contributed by atoms with van der Waals surface area (Å²) in [6, 6.07) is 14.5. The topological polar surface area (TPSA) is 100 Å². The van der Waals surface area contributed by atoms with E-state index in [9.17, 15) is 23.7 Å². The zero-order valence-electron chi connectivity index (χ0n) is 18.2. The fraction of sp³-hybridized carbons (Fsp3) is 0.250. The van der Waals surface area contributed by atoms with Gasteiger partial charge in [0.15, 0.2) is 0 Å². The number of nitrogens with zero attached hydrogens (tertiary/aromatic N) is 3. The van der Waals surface area contributed by atoms with E-state index in [2.05, 4.69) is 15.6 Å². The highest BCUT2D eigenvalue weighted by Gasteiger charge is 2.31. The van der Waals surface area contributed by atoms with Gasteiger partial charge in [-0.2, -0.15) is 0 Å². The van der Waals surface area contributed by atoms with Crippen LogP contribution in [0.4, 0.5) is 30.9 Å². The first-order valence-corrected chi connectivity index (χ1v) is 10.9. The summed E-state index contributed by atoms with van der Waals surface area (Å²) < 4.78 is 28.2. The van der Waals surface area contributed by atoms with Crippen molar-refractivity contribution in [3.8, 4) is 0 Å². The van der Waals surface area contributed by atoms with Gasteiger partial charge in [-0.05, 0) is 49.1 Å². The average molecular weight is 467 g/mol. The molecule has 1 aliphatic heterocycles. The van der Waals surface area contributed by atoms with Crippen LogP contribution in [-0.2, 0) is 6.42 Å². The highest BCUT2D eigenvalue weighted by molar-refractivity contribution is 5.90. The van der Waals surface area contributed by atoms with Crippen LogP contribution in [0.3, 0.4) is 0 Å². The fourth-order valence-electron chi connectivity index (χ4n) is 4.09. The van der Waals surface area contributed by atoms with Crippen LogP contribution in [0.1, 0.15) is 30.0 Å². The zero-order chi connectivity index (χ0) is 24.1. The number of rotatable bonds is 7. The average Bonchev–Trinajstić information content (AvgIpc) is 3.31. The van der Waals surface area contributed by atoms with Crippen LogP contribution < -0.4 is 15.5 Å². The van der Waals surface area contributed by atoms with Crippen molar-refractivity contribution in [3.05, 3.63) is 93.5 Å². The van der Waals surface area contributed by atoms with Gasteiger partial charge in [0.25, 0.3) is 0 Å². The number of nitro groups is 1. The molecular weight excluding hydrogens is 444 g/mol. The summed E-state index contributed by atoms with van der Waals surface area (Å²) in [6.07, 6.45) is 1.88. The highest BCUT2D eigenvalue weighted by Crippen LogP contribution is 2.38. The lowest BCUT2D eigenvalue weighted by atomic mass is 10.0. The molecule has 0 saturated carbocycles. The molecule has 1 aliphatic rings. The van der Waals surface area contributed by atoms with Gasteiger partial charge in [-0.3, -0.25) is 15.4 Å². The van der Waals surface area contributed by atoms with Crippen LogP contribution in [-0.4, -0.2) is 29.0 Å². The van der Waals surface area contributed by atoms with Crippen molar-refractivity contribution in [1.82, 2.24) is 10.3 Å². The van der Waals surface area contributed by atoms with Crippen LogP contribution >= 0.6 is 0 Å². The smallest absolute Gasteiger partial charge is 0.320 e. The minimum atomic E-state index is -0.635. The number of anilines is 2. The molecule has 34 heavy (non-hydrogen) atoms. The molecule has 1 fully saturated rings. The number of nitrogens with one attached hydrogen (secondary N) is 2. The molecule has 2 amide bonds. The minimum absolute atomic E-state index is 0.200. The van der Waals surface area contributed by atoms with Crippen LogP contribution in [0.15, 0.2) is 60.7 Å². The molecule has 0 spiro atoms. The number of urea groups is 1. The molecular formula is C24H23F2N5O3. The maximum absolute atomic E-state index is 14.4. The largest absolute Gasteiger partial charge is 0.349 e. The van der Waals surface area contributed by atoms with Gasteiger partial charge in [0, 0.05) is 24.7 Å². The molecule has 0 radical (unpaired) electrons. The molecule has 2 N–H and O–H groups in total. The molecule has 8 nitrogen and oxygen atoms in total. The minimum Gasteiger partial charge on any atom is -0.349 e. The van der Waals surface area contributed by atoms with Crippen molar-refractivity contribution in [2.45, 2.75) is 25.3 Å². The summed E-state index contributed by atoms with van der Waals surface area (Å²) in [4.78, 5) is 29.3. The second kappa shape index (κ2) is 10.2. The normalized spacial score (nSPS) is 15.2. The lowest BCUT2D eigenvalue weighted by molar-refractivity contribution is -0.384. The van der Waals surface area contributed by atoms with E-state index in [1.807, 2.05) is 30.3 Å². The van der Waals surface area contributed by atoms with E-state index in [0.717, 1.165) is 23.8 Å². The summed E-state index contributed by atoms with van der Waals surface area (Å²) in [6.45, 7) is 0.838. The Labute approximate surface area is 194 Å². The predicted molar refractivity (Wildman–Crippen MR) is 124 cm³/mol. The van der Waals surface area contributed by atoms with Crippen LogP contribution in [0, 0.1) is 21.7 Å². The maximum atomic E-state index is 14.4. The Bertz CT molecular complexity index is 1190. The van der Waals surface area contributed by atoms with Gasteiger partial charge in [0.1, 0.15) is 17.5 Å². The first-order valence-electron chi connectivity index (χ1n) is 10.9. The Balaban J connectivity index is 1.51. The third kappa shape index (κ3) is 5.28. The molecule has 2 aromatic carbocycles. The van der Waals surface area contributed by atoms with Gasteiger partial charge in [-0.15, -0.1) is 0 Å². The number of halogens is 2. The van der Waals surface area contributed by atoms with E-state index in [1.165, 1.54) is 12.1 Å². The van der Waals surface area contributed by atoms with Gasteiger partial charge in [0.2, 0.25) is 5.82 Å². The highest BCUT2D eigenvalue weighted by atomic mass is 19.1. The SMILES string of the molecule is O=C(NCCc1ccccc1)Nc1nc(N2CCC[C@@H]2c2cc(F)ccc2F)ccc1[N+](=O)[O-]. The number of benzene rings is 2. The molecule has 2 heterocycles. The monoisotopic (exact) mass is 467 g/mol. The van der Waals surface area contributed by atoms with E-state index in [1.54, 1.807) is 4.90 Å². The number of hydrogen-bond acceptors (Lipinski definition) is 5. The second-order valence-electron chi connectivity index (χ2n) is 7.93. The third-order valence-electron chi connectivity index (χ3n) is 5.69. The van der Waals surface area contributed by atoms with Crippen molar-refractivity contribution < 1.29 is 18.5 Å². The number of amides is 2. The summed E-state index contributed by atoms with van der Waals surface area (Å²) in [5.74, 6) is -0.966. The summed E-state index contributed by atoms with van der Waals surface area (Å²) in [5, 5.41) is 16.6. The molecule has 0 aliphatic carbocycles. The fourth-order valence-corrected chi connectivity index (χ4v) is 4.09. The number of pyridine rings is 1. The first-order chi connectivity index (χ1) is 16.4. The van der Waals surface area contributed by atoms with Gasteiger partial charge in [-0.1, -0.05) is 30.3 Å². The van der Waals surface area contributed by atoms with E-state index in [-0.39, 0.29) is 17.1 Å². The molecule has 1 saturated heterocycles. The van der Waals surface area contributed by atoms with Crippen molar-refractivity contribution in [2.24, 2.45) is 0 Å². The van der Waals surface area contributed by atoms with Crippen LogP contribution in [0.25, 0.3) is 0 Å². The number of carbonyl (C=O) groups excluding carboxylic acids is 1. The summed E-state index contributed by atoms with van der Waals surface area (Å²) in [7, 11) is 0. The molecule has 10 heteroatoms. The molecule has 0 bridgehead atoms. The van der Waals surface area contributed by atoms with Crippen molar-refractivity contribution >= 4 is 23.4 Å². The van der Waals surface area contributed by atoms with E-state index in [0.29, 0.717) is 38.2 Å². The third-order valence-corrected chi connectivity index (χ3v) is 5.69. The van der Waals surface area contributed by atoms with Crippen molar-refractivity contribution in [3.63, 3.8) is 0 Å². The van der Waals surface area contributed by atoms with Crippen LogP contribution in [0.2, 0.25) is 0 Å². The summed E-state index contributed by atoms with van der Waals surface area (Å²) in [5.41, 5.74) is 0.874. The zero-order valence-corrected chi connectivity index (χ0v) is 18.2. The Morgan fingerprint density at radius 2 is 1.94 bits per heavy atom. The van der Waals surface area contributed by atoms with Crippen molar-refractivity contribution in [2.75, 3.05) is 23.3 Å². The molecule has 0 unspecified atom stereocenters. The number of aromatic nitrogens is 1. The first kappa shape index (κ1) is 23.1. The molecule has 1 atom stereocenters. The second-order valence-corrected chi connectivity index (χ2v) is 7.93. The van der Waals surface area contributed by atoms with Crippen molar-refractivity contribution in [1.29, 1.82) is 0 Å².